The molecule has 0 radical (unpaired) electrons. The Morgan fingerprint density at radius 2 is 1.96 bits per heavy atom. The van der Waals surface area contributed by atoms with Crippen LogP contribution in [0.4, 0.5) is 0 Å². The van der Waals surface area contributed by atoms with Crippen LogP contribution in [-0.4, -0.2) is 50.1 Å². The number of hydrogen-bond donors (Lipinski definition) is 2. The number of carboxylic acid groups (broad SMARTS) is 1. The van der Waals surface area contributed by atoms with E-state index in [1.807, 2.05) is 0 Å². The third kappa shape index (κ3) is 5.55. The largest absolute Gasteiger partial charge is 0.482 e. The fraction of sp³-hybridized carbons (Fsp3) is 0.467. The summed E-state index contributed by atoms with van der Waals surface area (Å²) in [5.74, 6) is -1.20. The number of rotatable bonds is 7. The zero-order valence-corrected chi connectivity index (χ0v) is 13.3. The van der Waals surface area contributed by atoms with E-state index in [2.05, 4.69) is 5.32 Å². The van der Waals surface area contributed by atoms with E-state index in [1.54, 1.807) is 24.3 Å². The highest BCUT2D eigenvalue weighted by molar-refractivity contribution is 7.91. The minimum Gasteiger partial charge on any atom is -0.482 e. The third-order valence-electron chi connectivity index (χ3n) is 3.60. The first-order valence-corrected chi connectivity index (χ1v) is 9.09. The Hall–Kier alpha value is -2.09. The average Bonchev–Trinajstić information content (AvgIpc) is 2.86. The molecule has 1 heterocycles. The highest BCUT2D eigenvalue weighted by Crippen LogP contribution is 2.18. The van der Waals surface area contributed by atoms with Gasteiger partial charge in [0.05, 0.1) is 17.4 Å². The summed E-state index contributed by atoms with van der Waals surface area (Å²) in [6.45, 7) is 0.0322. The van der Waals surface area contributed by atoms with E-state index < -0.39 is 21.7 Å². The van der Waals surface area contributed by atoms with Gasteiger partial charge in [0.15, 0.2) is 16.4 Å². The molecule has 7 nitrogen and oxygen atoms in total. The van der Waals surface area contributed by atoms with Crippen LogP contribution in [0, 0.1) is 5.92 Å². The number of ether oxygens (including phenoxy) is 1. The predicted octanol–water partition coefficient (Wildman–Crippen LogP) is 0.243. The lowest BCUT2D eigenvalue weighted by Gasteiger charge is -2.10. The topological polar surface area (TPSA) is 110 Å². The number of carbonyl (C=O) groups is 2. The summed E-state index contributed by atoms with van der Waals surface area (Å²) >= 11 is 0. The first-order chi connectivity index (χ1) is 10.9. The molecule has 0 bridgehead atoms. The molecule has 0 saturated carbocycles. The molecule has 0 spiro atoms. The first kappa shape index (κ1) is 17.3. The standard InChI is InChI=1S/C15H19NO6S/c17-14(18)9-22-13-3-1-11(2-4-13)5-7-16-15(19)12-6-8-23(20,21)10-12/h1-4,12H,5-10H2,(H,16,19)(H,17,18). The molecule has 1 aliphatic heterocycles. The molecule has 1 aliphatic rings. The van der Waals surface area contributed by atoms with Gasteiger partial charge in [-0.05, 0) is 30.5 Å². The second-order valence-corrected chi connectivity index (χ2v) is 7.70. The molecule has 1 aromatic rings. The summed E-state index contributed by atoms with van der Waals surface area (Å²) in [6.07, 6.45) is 0.994. The Morgan fingerprint density at radius 3 is 2.52 bits per heavy atom. The molecule has 1 saturated heterocycles. The number of sulfone groups is 1. The molecule has 8 heteroatoms. The number of nitrogens with one attached hydrogen (secondary N) is 1. The van der Waals surface area contributed by atoms with Crippen LogP contribution in [0.1, 0.15) is 12.0 Å². The summed E-state index contributed by atoms with van der Waals surface area (Å²) < 4.78 is 27.7. The Bertz CT molecular complexity index is 668. The molecule has 0 aromatic heterocycles. The van der Waals surface area contributed by atoms with Crippen molar-refractivity contribution in [2.75, 3.05) is 24.7 Å². The van der Waals surface area contributed by atoms with Gasteiger partial charge in [-0.3, -0.25) is 4.79 Å². The number of carboxylic acids is 1. The van der Waals surface area contributed by atoms with Gasteiger partial charge in [-0.25, -0.2) is 13.2 Å². The minimum atomic E-state index is -3.05. The van der Waals surface area contributed by atoms with Gasteiger partial charge < -0.3 is 15.2 Å². The molecule has 1 aromatic carbocycles. The molecule has 2 N–H and O–H groups in total. The van der Waals surface area contributed by atoms with Crippen molar-refractivity contribution >= 4 is 21.7 Å². The fourth-order valence-electron chi connectivity index (χ4n) is 2.37. The van der Waals surface area contributed by atoms with Crippen molar-refractivity contribution in [1.82, 2.24) is 5.32 Å². The van der Waals surface area contributed by atoms with Crippen LogP contribution in [0.2, 0.25) is 0 Å². The maximum absolute atomic E-state index is 11.9. The van der Waals surface area contributed by atoms with E-state index in [9.17, 15) is 18.0 Å². The van der Waals surface area contributed by atoms with Crippen molar-refractivity contribution < 1.29 is 27.9 Å². The molecular weight excluding hydrogens is 322 g/mol. The van der Waals surface area contributed by atoms with Gasteiger partial charge in [-0.2, -0.15) is 0 Å². The van der Waals surface area contributed by atoms with Gasteiger partial charge in [0, 0.05) is 6.54 Å². The Kier molecular flexibility index (Phi) is 5.59. The zero-order valence-electron chi connectivity index (χ0n) is 12.5. The van der Waals surface area contributed by atoms with Crippen LogP contribution in [0.15, 0.2) is 24.3 Å². The van der Waals surface area contributed by atoms with Gasteiger partial charge in [-0.15, -0.1) is 0 Å². The van der Waals surface area contributed by atoms with Crippen LogP contribution in [0.3, 0.4) is 0 Å². The number of amides is 1. The quantitative estimate of drug-likeness (QED) is 0.735. The molecule has 126 valence electrons. The smallest absolute Gasteiger partial charge is 0.341 e. The summed E-state index contributed by atoms with van der Waals surface area (Å²) in [7, 11) is -3.05. The van der Waals surface area contributed by atoms with Crippen molar-refractivity contribution in [3.05, 3.63) is 29.8 Å². The van der Waals surface area contributed by atoms with Crippen LogP contribution in [0.25, 0.3) is 0 Å². The van der Waals surface area contributed by atoms with E-state index in [0.717, 1.165) is 5.56 Å². The van der Waals surface area contributed by atoms with Crippen LogP contribution in [-0.2, 0) is 25.8 Å². The summed E-state index contributed by atoms with van der Waals surface area (Å²) in [6, 6.07) is 6.93. The highest BCUT2D eigenvalue weighted by atomic mass is 32.2. The predicted molar refractivity (Wildman–Crippen MR) is 83.0 cm³/mol. The lowest BCUT2D eigenvalue weighted by atomic mass is 10.1. The van der Waals surface area contributed by atoms with Gasteiger partial charge in [-0.1, -0.05) is 12.1 Å². The molecular formula is C15H19NO6S. The molecule has 2 rings (SSSR count). The lowest BCUT2D eigenvalue weighted by Crippen LogP contribution is -2.32. The van der Waals surface area contributed by atoms with Gasteiger partial charge in [0.25, 0.3) is 0 Å². The lowest BCUT2D eigenvalue weighted by molar-refractivity contribution is -0.139. The Balaban J connectivity index is 1.73. The Labute approximate surface area is 134 Å². The summed E-state index contributed by atoms with van der Waals surface area (Å²) in [4.78, 5) is 22.3. The maximum atomic E-state index is 11.9. The van der Waals surface area contributed by atoms with E-state index in [-0.39, 0.29) is 24.0 Å². The van der Waals surface area contributed by atoms with Crippen molar-refractivity contribution in [1.29, 1.82) is 0 Å². The minimum absolute atomic E-state index is 0.0611. The van der Waals surface area contributed by atoms with Crippen molar-refractivity contribution in [3.63, 3.8) is 0 Å². The second-order valence-electron chi connectivity index (χ2n) is 5.47. The zero-order chi connectivity index (χ0) is 16.9. The van der Waals surface area contributed by atoms with Gasteiger partial charge in [0.2, 0.25) is 5.91 Å². The van der Waals surface area contributed by atoms with Crippen molar-refractivity contribution in [3.8, 4) is 5.75 Å². The molecule has 1 amide bonds. The van der Waals surface area contributed by atoms with Crippen LogP contribution < -0.4 is 10.1 Å². The second kappa shape index (κ2) is 7.45. The SMILES string of the molecule is O=C(O)COc1ccc(CCNC(=O)C2CCS(=O)(=O)C2)cc1. The van der Waals surface area contributed by atoms with E-state index in [4.69, 9.17) is 9.84 Å². The van der Waals surface area contributed by atoms with E-state index >= 15 is 0 Å². The van der Waals surface area contributed by atoms with Gasteiger partial charge in [0.1, 0.15) is 5.75 Å². The fourth-order valence-corrected chi connectivity index (χ4v) is 4.11. The van der Waals surface area contributed by atoms with E-state index in [0.29, 0.717) is 25.1 Å². The third-order valence-corrected chi connectivity index (χ3v) is 5.37. The Morgan fingerprint density at radius 1 is 1.26 bits per heavy atom. The molecule has 1 unspecified atom stereocenters. The van der Waals surface area contributed by atoms with Crippen molar-refractivity contribution in [2.45, 2.75) is 12.8 Å². The molecule has 0 aliphatic carbocycles. The number of benzene rings is 1. The van der Waals surface area contributed by atoms with E-state index in [1.165, 1.54) is 0 Å². The maximum Gasteiger partial charge on any atom is 0.341 e. The molecule has 23 heavy (non-hydrogen) atoms. The number of carbonyl (C=O) groups excluding carboxylic acids is 1. The molecule has 1 fully saturated rings. The monoisotopic (exact) mass is 341 g/mol. The summed E-state index contributed by atoms with van der Waals surface area (Å²) in [5, 5.41) is 11.3. The van der Waals surface area contributed by atoms with Gasteiger partial charge >= 0.3 is 5.97 Å². The number of aliphatic carboxylic acids is 1. The molecule has 1 atom stereocenters. The average molecular weight is 341 g/mol. The highest BCUT2D eigenvalue weighted by Gasteiger charge is 2.32. The normalized spacial score (nSPS) is 19.2. The summed E-state index contributed by atoms with van der Waals surface area (Å²) in [5.41, 5.74) is 0.965. The first-order valence-electron chi connectivity index (χ1n) is 7.27. The van der Waals surface area contributed by atoms with Crippen LogP contribution >= 0.6 is 0 Å². The van der Waals surface area contributed by atoms with Crippen LogP contribution in [0.5, 0.6) is 5.75 Å². The van der Waals surface area contributed by atoms with Crippen molar-refractivity contribution in [2.24, 2.45) is 5.92 Å². The number of hydrogen-bond acceptors (Lipinski definition) is 5.